The van der Waals surface area contributed by atoms with Gasteiger partial charge in [-0.25, -0.2) is 8.42 Å². The maximum atomic E-state index is 12.4. The zero-order chi connectivity index (χ0) is 15.2. The average molecular weight is 297 g/mol. The van der Waals surface area contributed by atoms with Crippen molar-refractivity contribution in [1.82, 2.24) is 5.32 Å². The summed E-state index contributed by atoms with van der Waals surface area (Å²) in [6, 6.07) is 7.73. The van der Waals surface area contributed by atoms with E-state index in [1.54, 1.807) is 6.07 Å². The summed E-state index contributed by atoms with van der Waals surface area (Å²) in [5, 5.41) is 3.41. The van der Waals surface area contributed by atoms with Crippen molar-refractivity contribution in [3.8, 4) is 0 Å². The van der Waals surface area contributed by atoms with Crippen LogP contribution in [-0.4, -0.2) is 26.8 Å². The van der Waals surface area contributed by atoms with Gasteiger partial charge in [0.15, 0.2) is 9.84 Å². The molecule has 20 heavy (non-hydrogen) atoms. The Kier molecular flexibility index (Phi) is 6.69. The number of hydrogen-bond donors (Lipinski definition) is 1. The zero-order valence-electron chi connectivity index (χ0n) is 13.0. The molecule has 1 N–H and O–H groups in total. The van der Waals surface area contributed by atoms with Crippen LogP contribution in [0.3, 0.4) is 0 Å². The second kappa shape index (κ2) is 7.79. The fraction of sp³-hybridized carbons (Fsp3) is 0.625. The Morgan fingerprint density at radius 2 is 1.80 bits per heavy atom. The summed E-state index contributed by atoms with van der Waals surface area (Å²) >= 11 is 0. The van der Waals surface area contributed by atoms with Crippen LogP contribution in [0.25, 0.3) is 0 Å². The monoisotopic (exact) mass is 297 g/mol. The van der Waals surface area contributed by atoms with Gasteiger partial charge in [0, 0.05) is 6.04 Å². The van der Waals surface area contributed by atoms with Gasteiger partial charge in [-0.1, -0.05) is 39.0 Å². The highest BCUT2D eigenvalue weighted by Gasteiger charge is 2.24. The van der Waals surface area contributed by atoms with E-state index in [4.69, 9.17) is 0 Å². The lowest BCUT2D eigenvalue weighted by Gasteiger charge is -2.26. The molecule has 4 heteroatoms. The van der Waals surface area contributed by atoms with Crippen molar-refractivity contribution >= 4 is 9.84 Å². The molecule has 0 saturated heterocycles. The number of hydrogen-bond acceptors (Lipinski definition) is 3. The summed E-state index contributed by atoms with van der Waals surface area (Å²) in [4.78, 5) is 0.512. The van der Waals surface area contributed by atoms with Gasteiger partial charge in [0.05, 0.1) is 10.6 Å². The number of sulfone groups is 1. The molecule has 114 valence electrons. The molecule has 2 atom stereocenters. The molecular formula is C16H27NO2S. The lowest BCUT2D eigenvalue weighted by Crippen LogP contribution is -2.32. The minimum Gasteiger partial charge on any atom is -0.314 e. The standard InChI is InChI=1S/C16H27NO2S/c1-5-12-20(18,19)16-11-9-8-10-15(16)14(6-2)13(4)17-7-3/h8-11,13-14,17H,5-7,12H2,1-4H3. The first-order valence-electron chi connectivity index (χ1n) is 7.52. The van der Waals surface area contributed by atoms with E-state index in [1.807, 2.05) is 25.1 Å². The topological polar surface area (TPSA) is 46.2 Å². The largest absolute Gasteiger partial charge is 0.314 e. The molecule has 0 aliphatic carbocycles. The van der Waals surface area contributed by atoms with Crippen LogP contribution >= 0.6 is 0 Å². The Hall–Kier alpha value is -0.870. The van der Waals surface area contributed by atoms with E-state index in [2.05, 4.69) is 26.1 Å². The quantitative estimate of drug-likeness (QED) is 0.800. The van der Waals surface area contributed by atoms with Crippen LogP contribution < -0.4 is 5.32 Å². The molecule has 1 aromatic rings. The minimum atomic E-state index is -3.17. The number of benzene rings is 1. The summed E-state index contributed by atoms with van der Waals surface area (Å²) in [5.74, 6) is 0.438. The first kappa shape index (κ1) is 17.2. The highest BCUT2D eigenvalue weighted by molar-refractivity contribution is 7.91. The zero-order valence-corrected chi connectivity index (χ0v) is 13.8. The lowest BCUT2D eigenvalue weighted by molar-refractivity contribution is 0.455. The third kappa shape index (κ3) is 4.06. The van der Waals surface area contributed by atoms with Gasteiger partial charge in [0.1, 0.15) is 0 Å². The molecular weight excluding hydrogens is 270 g/mol. The first-order valence-corrected chi connectivity index (χ1v) is 9.18. The highest BCUT2D eigenvalue weighted by Crippen LogP contribution is 2.30. The predicted molar refractivity (Wildman–Crippen MR) is 85.0 cm³/mol. The third-order valence-corrected chi connectivity index (χ3v) is 5.68. The summed E-state index contributed by atoms with van der Waals surface area (Å²) in [7, 11) is -3.17. The van der Waals surface area contributed by atoms with E-state index in [-0.39, 0.29) is 17.7 Å². The van der Waals surface area contributed by atoms with Crippen LogP contribution in [0.1, 0.15) is 52.0 Å². The Balaban J connectivity index is 3.24. The van der Waals surface area contributed by atoms with Crippen molar-refractivity contribution in [2.75, 3.05) is 12.3 Å². The fourth-order valence-corrected chi connectivity index (χ4v) is 4.38. The van der Waals surface area contributed by atoms with E-state index in [0.29, 0.717) is 11.3 Å². The van der Waals surface area contributed by atoms with Crippen molar-refractivity contribution in [3.05, 3.63) is 29.8 Å². The van der Waals surface area contributed by atoms with Crippen molar-refractivity contribution < 1.29 is 8.42 Å². The minimum absolute atomic E-state index is 0.218. The highest BCUT2D eigenvalue weighted by atomic mass is 32.2. The van der Waals surface area contributed by atoms with E-state index in [0.717, 1.165) is 18.5 Å². The summed E-state index contributed by atoms with van der Waals surface area (Å²) in [5.41, 5.74) is 0.955. The molecule has 3 nitrogen and oxygen atoms in total. The average Bonchev–Trinajstić information content (AvgIpc) is 2.40. The molecule has 2 unspecified atom stereocenters. The van der Waals surface area contributed by atoms with E-state index in [1.165, 1.54) is 0 Å². The van der Waals surface area contributed by atoms with Crippen LogP contribution in [0.15, 0.2) is 29.2 Å². The van der Waals surface area contributed by atoms with Gasteiger partial charge in [0.25, 0.3) is 0 Å². The van der Waals surface area contributed by atoms with E-state index in [9.17, 15) is 8.42 Å². The lowest BCUT2D eigenvalue weighted by atomic mass is 9.90. The third-order valence-electron chi connectivity index (χ3n) is 3.70. The maximum Gasteiger partial charge on any atom is 0.178 e. The van der Waals surface area contributed by atoms with E-state index < -0.39 is 9.84 Å². The summed E-state index contributed by atoms with van der Waals surface area (Å²) < 4.78 is 24.9. The van der Waals surface area contributed by atoms with Crippen molar-refractivity contribution in [1.29, 1.82) is 0 Å². The molecule has 0 radical (unpaired) electrons. The van der Waals surface area contributed by atoms with Gasteiger partial charge >= 0.3 is 0 Å². The van der Waals surface area contributed by atoms with Crippen LogP contribution in [0.5, 0.6) is 0 Å². The van der Waals surface area contributed by atoms with Crippen molar-refractivity contribution in [2.24, 2.45) is 0 Å². The maximum absolute atomic E-state index is 12.4. The van der Waals surface area contributed by atoms with Gasteiger partial charge in [-0.15, -0.1) is 0 Å². The van der Waals surface area contributed by atoms with Crippen LogP contribution in [0, 0.1) is 0 Å². The first-order chi connectivity index (χ1) is 9.47. The molecule has 0 amide bonds. The van der Waals surface area contributed by atoms with Gasteiger partial charge in [-0.3, -0.25) is 0 Å². The number of nitrogens with one attached hydrogen (secondary N) is 1. The van der Waals surface area contributed by atoms with Gasteiger partial charge in [-0.2, -0.15) is 0 Å². The second-order valence-corrected chi connectivity index (χ2v) is 7.30. The summed E-state index contributed by atoms with van der Waals surface area (Å²) in [6.45, 7) is 9.10. The molecule has 0 aliphatic rings. The van der Waals surface area contributed by atoms with Gasteiger partial charge in [-0.05, 0) is 43.9 Å². The Morgan fingerprint density at radius 3 is 2.35 bits per heavy atom. The molecule has 0 spiro atoms. The summed E-state index contributed by atoms with van der Waals surface area (Å²) in [6.07, 6.45) is 1.57. The van der Waals surface area contributed by atoms with Crippen molar-refractivity contribution in [2.45, 2.75) is 57.4 Å². The molecule has 0 bridgehead atoms. The second-order valence-electron chi connectivity index (χ2n) is 5.22. The number of likely N-dealkylation sites (N-methyl/N-ethyl adjacent to an activating group) is 1. The molecule has 0 fully saturated rings. The molecule has 1 rings (SSSR count). The van der Waals surface area contributed by atoms with Crippen molar-refractivity contribution in [3.63, 3.8) is 0 Å². The molecule has 0 aliphatic heterocycles. The van der Waals surface area contributed by atoms with E-state index >= 15 is 0 Å². The number of rotatable bonds is 8. The Labute approximate surface area is 123 Å². The van der Waals surface area contributed by atoms with Crippen LogP contribution in [0.2, 0.25) is 0 Å². The van der Waals surface area contributed by atoms with Gasteiger partial charge in [0.2, 0.25) is 0 Å². The molecule has 0 aromatic heterocycles. The normalized spacial score (nSPS) is 15.0. The van der Waals surface area contributed by atoms with Crippen LogP contribution in [0.4, 0.5) is 0 Å². The molecule has 0 heterocycles. The van der Waals surface area contributed by atoms with Crippen LogP contribution in [-0.2, 0) is 9.84 Å². The van der Waals surface area contributed by atoms with Gasteiger partial charge < -0.3 is 5.32 Å². The molecule has 0 saturated carbocycles. The predicted octanol–water partition coefficient (Wildman–Crippen LogP) is 3.36. The Morgan fingerprint density at radius 1 is 1.15 bits per heavy atom. The molecule has 1 aromatic carbocycles. The Bertz CT molecular complexity index is 511. The SMILES string of the molecule is CCCS(=O)(=O)c1ccccc1C(CC)C(C)NCC. The fourth-order valence-electron chi connectivity index (χ4n) is 2.76. The smallest absolute Gasteiger partial charge is 0.178 e.